The van der Waals surface area contributed by atoms with Crippen LogP contribution in [-0.4, -0.2) is 24.4 Å². The average Bonchev–Trinajstić information content (AvgIpc) is 2.37. The minimum Gasteiger partial charge on any atom is -0.410 e. The van der Waals surface area contributed by atoms with Gasteiger partial charge in [-0.1, -0.05) is 36.4 Å². The van der Waals surface area contributed by atoms with Crippen molar-refractivity contribution in [3.05, 3.63) is 42.5 Å². The summed E-state index contributed by atoms with van der Waals surface area (Å²) in [5.41, 5.74) is 0. The van der Waals surface area contributed by atoms with Crippen LogP contribution in [0.5, 0.6) is 5.75 Å². The van der Waals surface area contributed by atoms with E-state index < -0.39 is 6.09 Å². The number of ether oxygens (including phenoxy) is 1. The summed E-state index contributed by atoms with van der Waals surface area (Å²) in [6.45, 7) is 0.0776. The first-order valence-electron chi connectivity index (χ1n) is 5.35. The van der Waals surface area contributed by atoms with Crippen LogP contribution in [0.15, 0.2) is 42.5 Å². The molecule has 0 atom stereocenters. The van der Waals surface area contributed by atoms with Crippen molar-refractivity contribution in [1.82, 2.24) is 5.32 Å². The molecule has 0 saturated heterocycles. The largest absolute Gasteiger partial charge is 0.412 e. The third kappa shape index (κ3) is 2.73. The molecule has 88 valence electrons. The van der Waals surface area contributed by atoms with E-state index in [9.17, 15) is 4.79 Å². The summed E-state index contributed by atoms with van der Waals surface area (Å²) in [6.07, 6.45) is -0.560. The normalized spacial score (nSPS) is 10.2. The van der Waals surface area contributed by atoms with Gasteiger partial charge in [0.1, 0.15) is 5.75 Å². The van der Waals surface area contributed by atoms with Crippen molar-refractivity contribution in [3.8, 4) is 5.75 Å². The van der Waals surface area contributed by atoms with E-state index in [2.05, 4.69) is 5.32 Å². The maximum Gasteiger partial charge on any atom is 0.412 e. The molecule has 2 aromatic carbocycles. The molecule has 4 heteroatoms. The molecule has 2 rings (SSSR count). The Labute approximate surface area is 98.8 Å². The topological polar surface area (TPSA) is 58.6 Å². The second-order valence-corrected chi connectivity index (χ2v) is 3.52. The number of carbonyl (C=O) groups is 1. The predicted molar refractivity (Wildman–Crippen MR) is 65.1 cm³/mol. The molecule has 0 heterocycles. The van der Waals surface area contributed by atoms with Gasteiger partial charge in [-0.3, -0.25) is 0 Å². The van der Waals surface area contributed by atoms with E-state index in [0.29, 0.717) is 5.75 Å². The second-order valence-electron chi connectivity index (χ2n) is 3.52. The molecule has 4 nitrogen and oxygen atoms in total. The highest BCUT2D eigenvalue weighted by atomic mass is 16.6. The van der Waals surface area contributed by atoms with E-state index >= 15 is 0 Å². The lowest BCUT2D eigenvalue weighted by Crippen LogP contribution is -2.29. The maximum atomic E-state index is 11.4. The highest BCUT2D eigenvalue weighted by Crippen LogP contribution is 2.24. The summed E-state index contributed by atoms with van der Waals surface area (Å²) in [5, 5.41) is 12.9. The van der Waals surface area contributed by atoms with Gasteiger partial charge in [0, 0.05) is 11.9 Å². The van der Waals surface area contributed by atoms with E-state index in [0.717, 1.165) is 10.8 Å². The first-order valence-corrected chi connectivity index (χ1v) is 5.35. The molecule has 0 radical (unpaired) electrons. The van der Waals surface area contributed by atoms with Crippen LogP contribution in [0.2, 0.25) is 0 Å². The molecular formula is C13H13NO3. The van der Waals surface area contributed by atoms with Gasteiger partial charge >= 0.3 is 6.09 Å². The Morgan fingerprint density at radius 2 is 1.94 bits per heavy atom. The molecule has 0 bridgehead atoms. The highest BCUT2D eigenvalue weighted by Gasteiger charge is 2.06. The minimum atomic E-state index is -0.560. The van der Waals surface area contributed by atoms with E-state index in [4.69, 9.17) is 9.84 Å². The summed E-state index contributed by atoms with van der Waals surface area (Å²) >= 11 is 0. The van der Waals surface area contributed by atoms with Crippen molar-refractivity contribution in [3.63, 3.8) is 0 Å². The molecule has 0 unspecified atom stereocenters. The van der Waals surface area contributed by atoms with E-state index in [1.165, 1.54) is 0 Å². The molecule has 0 aromatic heterocycles. The van der Waals surface area contributed by atoms with Crippen molar-refractivity contribution in [2.75, 3.05) is 13.2 Å². The first-order chi connectivity index (χ1) is 8.31. The number of nitrogens with one attached hydrogen (secondary N) is 1. The zero-order valence-electron chi connectivity index (χ0n) is 9.22. The number of aliphatic hydroxyl groups is 1. The van der Waals surface area contributed by atoms with Gasteiger partial charge in [-0.25, -0.2) is 4.79 Å². The Morgan fingerprint density at radius 1 is 1.18 bits per heavy atom. The van der Waals surface area contributed by atoms with Gasteiger partial charge < -0.3 is 15.2 Å². The van der Waals surface area contributed by atoms with Crippen LogP contribution in [0.4, 0.5) is 4.79 Å². The van der Waals surface area contributed by atoms with Crippen molar-refractivity contribution >= 4 is 16.9 Å². The molecule has 0 aliphatic carbocycles. The lowest BCUT2D eigenvalue weighted by Gasteiger charge is -2.08. The standard InChI is InChI=1S/C13H13NO3/c15-9-8-14-13(16)17-12-7-3-5-10-4-1-2-6-11(10)12/h1-7,15H,8-9H2,(H,14,16). The lowest BCUT2D eigenvalue weighted by atomic mass is 10.1. The lowest BCUT2D eigenvalue weighted by molar-refractivity contribution is 0.196. The SMILES string of the molecule is O=C(NCCO)Oc1cccc2ccccc12. The summed E-state index contributed by atoms with van der Waals surface area (Å²) in [6, 6.07) is 13.2. The van der Waals surface area contributed by atoms with Crippen molar-refractivity contribution in [2.45, 2.75) is 0 Å². The second kappa shape index (κ2) is 5.32. The maximum absolute atomic E-state index is 11.4. The Hall–Kier alpha value is -2.07. The number of fused-ring (bicyclic) bond motifs is 1. The number of rotatable bonds is 3. The predicted octanol–water partition coefficient (Wildman–Crippen LogP) is 1.92. The first kappa shape index (κ1) is 11.4. The number of hydrogen-bond acceptors (Lipinski definition) is 3. The van der Waals surface area contributed by atoms with E-state index in [1.54, 1.807) is 6.07 Å². The van der Waals surface area contributed by atoms with Crippen LogP contribution >= 0.6 is 0 Å². The minimum absolute atomic E-state index is 0.107. The summed E-state index contributed by atoms with van der Waals surface area (Å²) < 4.78 is 5.17. The van der Waals surface area contributed by atoms with Gasteiger partial charge in [0.05, 0.1) is 6.61 Å². The summed E-state index contributed by atoms with van der Waals surface area (Å²) in [5.74, 6) is 0.513. The van der Waals surface area contributed by atoms with E-state index in [1.807, 2.05) is 36.4 Å². The molecule has 1 amide bonds. The number of amides is 1. The molecule has 0 aliphatic rings. The molecule has 0 saturated carbocycles. The molecular weight excluding hydrogens is 218 g/mol. The van der Waals surface area contributed by atoms with Crippen molar-refractivity contribution in [1.29, 1.82) is 0 Å². The van der Waals surface area contributed by atoms with Crippen LogP contribution in [0.1, 0.15) is 0 Å². The fourth-order valence-electron chi connectivity index (χ4n) is 1.58. The third-order valence-corrected chi connectivity index (χ3v) is 2.33. The summed E-state index contributed by atoms with van der Waals surface area (Å²) in [4.78, 5) is 11.4. The quantitative estimate of drug-likeness (QED) is 0.848. The average molecular weight is 231 g/mol. The number of hydrogen-bond donors (Lipinski definition) is 2. The van der Waals surface area contributed by atoms with E-state index in [-0.39, 0.29) is 13.2 Å². The fraction of sp³-hybridized carbons (Fsp3) is 0.154. The molecule has 2 N–H and O–H groups in total. The van der Waals surface area contributed by atoms with Crippen LogP contribution in [0, 0.1) is 0 Å². The van der Waals surface area contributed by atoms with Crippen LogP contribution in [0.25, 0.3) is 10.8 Å². The zero-order valence-corrected chi connectivity index (χ0v) is 9.22. The number of benzene rings is 2. The van der Waals surface area contributed by atoms with Gasteiger partial charge in [-0.15, -0.1) is 0 Å². The zero-order chi connectivity index (χ0) is 12.1. The highest BCUT2D eigenvalue weighted by molar-refractivity contribution is 5.90. The fourth-order valence-corrected chi connectivity index (χ4v) is 1.58. The molecule has 17 heavy (non-hydrogen) atoms. The van der Waals surface area contributed by atoms with Gasteiger partial charge in [0.25, 0.3) is 0 Å². The Morgan fingerprint density at radius 3 is 2.76 bits per heavy atom. The van der Waals surface area contributed by atoms with Crippen molar-refractivity contribution < 1.29 is 14.6 Å². The number of carbonyl (C=O) groups excluding carboxylic acids is 1. The number of aliphatic hydroxyl groups excluding tert-OH is 1. The third-order valence-electron chi connectivity index (χ3n) is 2.33. The van der Waals surface area contributed by atoms with Gasteiger partial charge in [-0.05, 0) is 11.5 Å². The van der Waals surface area contributed by atoms with Crippen molar-refractivity contribution in [2.24, 2.45) is 0 Å². The molecule has 0 spiro atoms. The van der Waals surface area contributed by atoms with Crippen LogP contribution in [0.3, 0.4) is 0 Å². The molecule has 2 aromatic rings. The Balaban J connectivity index is 2.21. The molecule has 0 fully saturated rings. The van der Waals surface area contributed by atoms with Gasteiger partial charge in [0.15, 0.2) is 0 Å². The Bertz CT molecular complexity index is 520. The van der Waals surface area contributed by atoms with Gasteiger partial charge in [-0.2, -0.15) is 0 Å². The van der Waals surface area contributed by atoms with Crippen LogP contribution in [-0.2, 0) is 0 Å². The molecule has 0 aliphatic heterocycles. The summed E-state index contributed by atoms with van der Waals surface area (Å²) in [7, 11) is 0. The van der Waals surface area contributed by atoms with Crippen LogP contribution < -0.4 is 10.1 Å². The van der Waals surface area contributed by atoms with Gasteiger partial charge in [0.2, 0.25) is 0 Å². The Kier molecular flexibility index (Phi) is 3.57. The monoisotopic (exact) mass is 231 g/mol. The smallest absolute Gasteiger partial charge is 0.410 e.